The third-order valence-electron chi connectivity index (χ3n) is 13.8. The van der Waals surface area contributed by atoms with Gasteiger partial charge in [-0.25, -0.2) is 4.57 Å². The zero-order valence-electron chi connectivity index (χ0n) is 49.9. The Kier molecular flexibility index (Phi) is 60.1. The Labute approximate surface area is 474 Å². The summed E-state index contributed by atoms with van der Waals surface area (Å²) in [6, 6.07) is 0. The van der Waals surface area contributed by atoms with E-state index in [0.717, 1.165) is 77.0 Å². The molecule has 0 amide bonds. The number of rotatable bonds is 60. The van der Waals surface area contributed by atoms with Crippen LogP contribution in [0.4, 0.5) is 0 Å². The second-order valence-corrected chi connectivity index (χ2v) is 22.7. The highest BCUT2D eigenvalue weighted by Crippen LogP contribution is 2.43. The lowest BCUT2D eigenvalue weighted by atomic mass is 10.0. The van der Waals surface area contributed by atoms with Crippen LogP contribution >= 0.6 is 7.82 Å². The lowest BCUT2D eigenvalue weighted by Gasteiger charge is -2.19. The van der Waals surface area contributed by atoms with Crippen LogP contribution in [-0.2, 0) is 32.7 Å². The molecule has 0 heterocycles. The van der Waals surface area contributed by atoms with Crippen molar-refractivity contribution < 1.29 is 37.6 Å². The number of hydrogen-bond donors (Lipinski definition) is 2. The average Bonchev–Trinajstić information content (AvgIpc) is 3.42. The van der Waals surface area contributed by atoms with Crippen molar-refractivity contribution in [1.82, 2.24) is 0 Å². The number of esters is 2. The lowest BCUT2D eigenvalue weighted by Crippen LogP contribution is -2.29. The molecule has 0 aliphatic carbocycles. The van der Waals surface area contributed by atoms with Gasteiger partial charge in [-0.2, -0.15) is 0 Å². The number of ether oxygens (including phenoxy) is 2. The molecule has 3 N–H and O–H groups in total. The van der Waals surface area contributed by atoms with E-state index in [1.54, 1.807) is 0 Å². The molecule has 0 bridgehead atoms. The third-order valence-corrected chi connectivity index (χ3v) is 14.7. The Balaban J connectivity index is 3.93. The summed E-state index contributed by atoms with van der Waals surface area (Å²) in [4.78, 5) is 35.3. The maximum absolute atomic E-state index is 12.7. The molecule has 0 saturated heterocycles. The van der Waals surface area contributed by atoms with Crippen LogP contribution in [0.3, 0.4) is 0 Å². The van der Waals surface area contributed by atoms with Crippen molar-refractivity contribution in [2.75, 3.05) is 26.4 Å². The Morgan fingerprint density at radius 1 is 0.403 bits per heavy atom. The fraction of sp³-hybridized carbons (Fsp3) is 0.761. The molecule has 0 spiro atoms. The standard InChI is InChI=1S/C67H120NO8P/c1-3-5-7-9-11-13-15-17-19-21-23-25-27-29-30-31-32-33-34-36-38-40-42-44-46-48-50-52-54-56-58-60-67(70)76-65(64-75-77(71,72)74-62-61-68)63-73-66(69)59-57-55-53-51-49-47-45-43-41-39-37-35-28-26-24-22-20-18-16-14-12-10-8-6-4-2/h5,7,11,13,17,19,22-25,29-30,32-33,65H,3-4,6,8-10,12,14-16,18,20-21,26-28,31,34-64,68H2,1-2H3,(H,71,72)/b7-5-,13-11-,19-17-,24-22-,25-23-,30-29-,33-32-. The van der Waals surface area contributed by atoms with Gasteiger partial charge < -0.3 is 20.1 Å². The average molecular weight is 1100 g/mol. The molecule has 2 atom stereocenters. The van der Waals surface area contributed by atoms with Crippen molar-refractivity contribution in [3.8, 4) is 0 Å². The van der Waals surface area contributed by atoms with Crippen molar-refractivity contribution in [2.24, 2.45) is 5.73 Å². The highest BCUT2D eigenvalue weighted by atomic mass is 31.2. The Bertz CT molecular complexity index is 1530. The molecule has 0 aromatic rings. The molecule has 0 aliphatic rings. The number of nitrogens with two attached hydrogens (primary N) is 1. The van der Waals surface area contributed by atoms with E-state index in [-0.39, 0.29) is 38.6 Å². The van der Waals surface area contributed by atoms with Crippen LogP contribution in [0.15, 0.2) is 85.1 Å². The first-order chi connectivity index (χ1) is 37.8. The SMILES string of the molecule is CC/C=C\C/C=C\C/C=C\C/C=C\C/C=C\C/C=C\CCCCCCCCCCCCCCC(=O)OC(COC(=O)CCCCCCCCCCCCCCC/C=C\CCCCCCCCCC)COP(=O)(O)OCCN. The predicted molar refractivity (Wildman–Crippen MR) is 330 cm³/mol. The molecule has 0 rings (SSSR count). The highest BCUT2D eigenvalue weighted by molar-refractivity contribution is 7.47. The maximum atomic E-state index is 12.7. The molecular formula is C67H120NO8P. The number of unbranched alkanes of at least 4 members (excludes halogenated alkanes) is 33. The van der Waals surface area contributed by atoms with Gasteiger partial charge in [0.05, 0.1) is 13.2 Å². The molecule has 0 radical (unpaired) electrons. The van der Waals surface area contributed by atoms with Crippen molar-refractivity contribution in [1.29, 1.82) is 0 Å². The van der Waals surface area contributed by atoms with Gasteiger partial charge in [0.1, 0.15) is 6.61 Å². The van der Waals surface area contributed by atoms with Crippen LogP contribution in [-0.4, -0.2) is 49.3 Å². The first kappa shape index (κ1) is 74.2. The molecule has 77 heavy (non-hydrogen) atoms. The minimum Gasteiger partial charge on any atom is -0.462 e. The number of carbonyl (C=O) groups excluding carboxylic acids is 2. The van der Waals surface area contributed by atoms with E-state index >= 15 is 0 Å². The van der Waals surface area contributed by atoms with Gasteiger partial charge in [0.2, 0.25) is 0 Å². The first-order valence-corrected chi connectivity index (χ1v) is 33.6. The minimum absolute atomic E-state index is 0.0510. The van der Waals surface area contributed by atoms with E-state index in [9.17, 15) is 19.0 Å². The van der Waals surface area contributed by atoms with Crippen LogP contribution in [0.5, 0.6) is 0 Å². The molecule has 0 fully saturated rings. The molecule has 9 nitrogen and oxygen atoms in total. The summed E-state index contributed by atoms with van der Waals surface area (Å²) in [5, 5.41) is 0. The van der Waals surface area contributed by atoms with E-state index in [0.29, 0.717) is 6.42 Å². The number of carbonyl (C=O) groups is 2. The second kappa shape index (κ2) is 62.4. The summed E-state index contributed by atoms with van der Waals surface area (Å²) in [5.74, 6) is -0.823. The fourth-order valence-electron chi connectivity index (χ4n) is 9.05. The summed E-state index contributed by atoms with van der Waals surface area (Å²) in [5.41, 5.74) is 5.39. The van der Waals surface area contributed by atoms with Crippen LogP contribution in [0.1, 0.15) is 296 Å². The second-order valence-electron chi connectivity index (χ2n) is 21.2. The minimum atomic E-state index is -4.39. The zero-order chi connectivity index (χ0) is 55.9. The number of allylic oxidation sites excluding steroid dienone is 14. The summed E-state index contributed by atoms with van der Waals surface area (Å²) in [6.45, 7) is 3.66. The van der Waals surface area contributed by atoms with Crippen molar-refractivity contribution in [3.63, 3.8) is 0 Å². The maximum Gasteiger partial charge on any atom is 0.472 e. The topological polar surface area (TPSA) is 134 Å². The molecule has 446 valence electrons. The summed E-state index contributed by atoms with van der Waals surface area (Å²) in [7, 11) is -4.39. The lowest BCUT2D eigenvalue weighted by molar-refractivity contribution is -0.161. The summed E-state index contributed by atoms with van der Waals surface area (Å²) < 4.78 is 33.1. The van der Waals surface area contributed by atoms with Crippen LogP contribution < -0.4 is 5.73 Å². The van der Waals surface area contributed by atoms with Crippen LogP contribution in [0.25, 0.3) is 0 Å². The van der Waals surface area contributed by atoms with Gasteiger partial charge in [-0.05, 0) is 89.9 Å². The Hall–Kier alpha value is -2.81. The fourth-order valence-corrected chi connectivity index (χ4v) is 9.81. The summed E-state index contributed by atoms with van der Waals surface area (Å²) in [6.07, 6.45) is 82.2. The Morgan fingerprint density at radius 3 is 1.08 bits per heavy atom. The van der Waals surface area contributed by atoms with Crippen molar-refractivity contribution in [2.45, 2.75) is 302 Å². The summed E-state index contributed by atoms with van der Waals surface area (Å²) >= 11 is 0. The highest BCUT2D eigenvalue weighted by Gasteiger charge is 2.26. The number of phosphoric acid groups is 1. The van der Waals surface area contributed by atoms with E-state index in [2.05, 4.69) is 98.9 Å². The molecule has 0 aliphatic heterocycles. The van der Waals surface area contributed by atoms with Gasteiger partial charge in [-0.3, -0.25) is 18.6 Å². The molecule has 0 aromatic heterocycles. The van der Waals surface area contributed by atoms with Gasteiger partial charge in [0, 0.05) is 19.4 Å². The van der Waals surface area contributed by atoms with Crippen molar-refractivity contribution >= 4 is 19.8 Å². The Morgan fingerprint density at radius 2 is 0.714 bits per heavy atom. The number of hydrogen-bond acceptors (Lipinski definition) is 8. The van der Waals surface area contributed by atoms with E-state index in [1.807, 2.05) is 0 Å². The molecule has 10 heteroatoms. The van der Waals surface area contributed by atoms with Gasteiger partial charge in [-0.1, -0.05) is 279 Å². The van der Waals surface area contributed by atoms with Gasteiger partial charge in [0.25, 0.3) is 0 Å². The zero-order valence-corrected chi connectivity index (χ0v) is 50.8. The molecule has 2 unspecified atom stereocenters. The third kappa shape index (κ3) is 62.3. The van der Waals surface area contributed by atoms with Gasteiger partial charge >= 0.3 is 19.8 Å². The monoisotopic (exact) mass is 1100 g/mol. The first-order valence-electron chi connectivity index (χ1n) is 32.1. The quantitative estimate of drug-likeness (QED) is 0.0264. The van der Waals surface area contributed by atoms with Crippen molar-refractivity contribution in [3.05, 3.63) is 85.1 Å². The van der Waals surface area contributed by atoms with E-state index in [1.165, 1.54) is 186 Å². The molecular weight excluding hydrogens is 978 g/mol. The number of phosphoric ester groups is 1. The van der Waals surface area contributed by atoms with E-state index in [4.69, 9.17) is 24.3 Å². The molecule has 0 saturated carbocycles. The predicted octanol–water partition coefficient (Wildman–Crippen LogP) is 20.6. The van der Waals surface area contributed by atoms with E-state index < -0.39 is 26.5 Å². The largest absolute Gasteiger partial charge is 0.472 e. The smallest absolute Gasteiger partial charge is 0.462 e. The van der Waals surface area contributed by atoms with Crippen LogP contribution in [0, 0.1) is 0 Å². The van der Waals surface area contributed by atoms with Gasteiger partial charge in [-0.15, -0.1) is 0 Å². The normalized spacial score (nSPS) is 13.6. The van der Waals surface area contributed by atoms with Crippen LogP contribution in [0.2, 0.25) is 0 Å². The molecule has 0 aromatic carbocycles. The van der Waals surface area contributed by atoms with Gasteiger partial charge in [0.15, 0.2) is 6.10 Å².